The highest BCUT2D eigenvalue weighted by Crippen LogP contribution is 2.32. The van der Waals surface area contributed by atoms with Crippen LogP contribution in [0.1, 0.15) is 38.2 Å². The van der Waals surface area contributed by atoms with Crippen LogP contribution in [0.25, 0.3) is 0 Å². The fraction of sp³-hybridized carbons (Fsp3) is 0.625. The van der Waals surface area contributed by atoms with Gasteiger partial charge in [0.05, 0.1) is 7.11 Å². The second-order valence-corrected chi connectivity index (χ2v) is 5.81. The maximum absolute atomic E-state index is 5.79. The van der Waals surface area contributed by atoms with E-state index in [2.05, 4.69) is 24.5 Å². The molecule has 1 fully saturated rings. The van der Waals surface area contributed by atoms with Gasteiger partial charge in [0.15, 0.2) is 0 Å². The zero-order chi connectivity index (χ0) is 13.7. The van der Waals surface area contributed by atoms with Gasteiger partial charge in [-0.25, -0.2) is 0 Å². The molecule has 0 radical (unpaired) electrons. The third-order valence-corrected chi connectivity index (χ3v) is 4.48. The van der Waals surface area contributed by atoms with Crippen LogP contribution in [0.2, 0.25) is 0 Å². The number of hydrogen-bond acceptors (Lipinski definition) is 3. The number of para-hydroxylation sites is 1. The Morgan fingerprint density at radius 3 is 2.58 bits per heavy atom. The minimum atomic E-state index is 0.351. The molecule has 1 unspecified atom stereocenters. The second-order valence-electron chi connectivity index (χ2n) is 5.81. The van der Waals surface area contributed by atoms with Crippen molar-refractivity contribution in [3.8, 4) is 5.75 Å². The highest BCUT2D eigenvalue weighted by molar-refractivity contribution is 5.33. The molecule has 1 aliphatic carbocycles. The number of hydrazine groups is 1. The van der Waals surface area contributed by atoms with Gasteiger partial charge in [0.25, 0.3) is 0 Å². The summed E-state index contributed by atoms with van der Waals surface area (Å²) in [5.74, 6) is 8.31. The van der Waals surface area contributed by atoms with Gasteiger partial charge < -0.3 is 4.74 Å². The van der Waals surface area contributed by atoms with Crippen molar-refractivity contribution in [1.29, 1.82) is 0 Å². The molecule has 3 N–H and O–H groups in total. The first-order valence-corrected chi connectivity index (χ1v) is 7.32. The first kappa shape index (κ1) is 14.4. The van der Waals surface area contributed by atoms with Crippen LogP contribution < -0.4 is 16.0 Å². The number of benzene rings is 1. The normalized spacial score (nSPS) is 25.0. The topological polar surface area (TPSA) is 47.3 Å². The summed E-state index contributed by atoms with van der Waals surface area (Å²) in [7, 11) is 1.73. The molecule has 0 aromatic heterocycles. The summed E-state index contributed by atoms with van der Waals surface area (Å²) >= 11 is 0. The molecule has 2 rings (SSSR count). The Kier molecular flexibility index (Phi) is 5.23. The lowest BCUT2D eigenvalue weighted by molar-refractivity contribution is 0.228. The summed E-state index contributed by atoms with van der Waals surface area (Å²) in [6.07, 6.45) is 6.17. The lowest BCUT2D eigenvalue weighted by Gasteiger charge is -2.32. The van der Waals surface area contributed by atoms with Crippen LogP contribution in [-0.4, -0.2) is 13.2 Å². The lowest BCUT2D eigenvalue weighted by atomic mass is 9.78. The van der Waals surface area contributed by atoms with Crippen LogP contribution >= 0.6 is 0 Å². The first-order valence-electron chi connectivity index (χ1n) is 7.32. The molecular weight excluding hydrogens is 236 g/mol. The van der Waals surface area contributed by atoms with Crippen LogP contribution in [0.4, 0.5) is 0 Å². The zero-order valence-corrected chi connectivity index (χ0v) is 12.1. The predicted molar refractivity (Wildman–Crippen MR) is 78.9 cm³/mol. The van der Waals surface area contributed by atoms with E-state index in [0.29, 0.717) is 12.0 Å². The van der Waals surface area contributed by atoms with Gasteiger partial charge in [-0.2, -0.15) is 0 Å². The van der Waals surface area contributed by atoms with E-state index in [4.69, 9.17) is 10.6 Å². The average molecular weight is 262 g/mol. The molecule has 3 nitrogen and oxygen atoms in total. The minimum absolute atomic E-state index is 0.351. The number of rotatable bonds is 5. The van der Waals surface area contributed by atoms with E-state index >= 15 is 0 Å². The molecule has 0 aliphatic heterocycles. The second kappa shape index (κ2) is 6.92. The van der Waals surface area contributed by atoms with E-state index in [9.17, 15) is 0 Å². The monoisotopic (exact) mass is 262 g/mol. The number of nitrogens with two attached hydrogens (primary N) is 1. The fourth-order valence-electron chi connectivity index (χ4n) is 3.16. The van der Waals surface area contributed by atoms with Crippen LogP contribution in [-0.2, 0) is 6.42 Å². The van der Waals surface area contributed by atoms with Crippen molar-refractivity contribution in [3.05, 3.63) is 29.8 Å². The van der Waals surface area contributed by atoms with Crippen LogP contribution in [0.15, 0.2) is 24.3 Å². The summed E-state index contributed by atoms with van der Waals surface area (Å²) in [5, 5.41) is 0. The van der Waals surface area contributed by atoms with Gasteiger partial charge in [0.1, 0.15) is 5.75 Å². The summed E-state index contributed by atoms with van der Waals surface area (Å²) in [4.78, 5) is 0. The zero-order valence-electron chi connectivity index (χ0n) is 12.1. The highest BCUT2D eigenvalue weighted by Gasteiger charge is 2.26. The molecular formula is C16H26N2O. The highest BCUT2D eigenvalue weighted by atomic mass is 16.5. The Hall–Kier alpha value is -1.06. The molecule has 3 heteroatoms. The van der Waals surface area contributed by atoms with Gasteiger partial charge in [-0.15, -0.1) is 0 Å². The predicted octanol–water partition coefficient (Wildman–Crippen LogP) is 2.90. The van der Waals surface area contributed by atoms with Gasteiger partial charge in [-0.3, -0.25) is 11.3 Å². The smallest absolute Gasteiger partial charge is 0.122 e. The average Bonchev–Trinajstić information content (AvgIpc) is 2.46. The Balaban J connectivity index is 2.02. The van der Waals surface area contributed by atoms with E-state index in [1.54, 1.807) is 7.11 Å². The van der Waals surface area contributed by atoms with Crippen molar-refractivity contribution in [2.24, 2.45) is 17.7 Å². The number of ether oxygens (including phenoxy) is 1. The van der Waals surface area contributed by atoms with E-state index in [1.807, 2.05) is 12.1 Å². The van der Waals surface area contributed by atoms with E-state index in [-0.39, 0.29) is 0 Å². The van der Waals surface area contributed by atoms with Crippen molar-refractivity contribution >= 4 is 0 Å². The first-order chi connectivity index (χ1) is 9.24. The van der Waals surface area contributed by atoms with Crippen molar-refractivity contribution in [2.75, 3.05) is 7.11 Å². The largest absolute Gasteiger partial charge is 0.496 e. The standard InChI is InChI=1S/C16H26N2O/c1-12-7-9-13(10-8-12)15(18-17)11-14-5-3-4-6-16(14)19-2/h3-6,12-13,15,18H,7-11,17H2,1-2H3. The maximum atomic E-state index is 5.79. The molecule has 1 atom stereocenters. The Labute approximate surface area is 116 Å². The molecule has 19 heavy (non-hydrogen) atoms. The Bertz CT molecular complexity index is 386. The summed E-state index contributed by atoms with van der Waals surface area (Å²) in [6, 6.07) is 8.58. The maximum Gasteiger partial charge on any atom is 0.122 e. The third kappa shape index (κ3) is 3.71. The summed E-state index contributed by atoms with van der Waals surface area (Å²) in [5.41, 5.74) is 4.27. The fourth-order valence-corrected chi connectivity index (χ4v) is 3.16. The molecule has 1 aromatic carbocycles. The molecule has 0 amide bonds. The van der Waals surface area contributed by atoms with Crippen LogP contribution in [0.3, 0.4) is 0 Å². The number of hydrogen-bond donors (Lipinski definition) is 2. The van der Waals surface area contributed by atoms with Crippen molar-refractivity contribution in [2.45, 2.75) is 45.1 Å². The van der Waals surface area contributed by atoms with Crippen molar-refractivity contribution < 1.29 is 4.74 Å². The van der Waals surface area contributed by atoms with E-state index < -0.39 is 0 Å². The molecule has 106 valence electrons. The molecule has 1 aromatic rings. The molecule has 1 aliphatic rings. The molecule has 0 saturated heterocycles. The van der Waals surface area contributed by atoms with Crippen molar-refractivity contribution in [1.82, 2.24) is 5.43 Å². The van der Waals surface area contributed by atoms with Gasteiger partial charge in [-0.05, 0) is 42.7 Å². The van der Waals surface area contributed by atoms with Gasteiger partial charge >= 0.3 is 0 Å². The van der Waals surface area contributed by atoms with Gasteiger partial charge in [0.2, 0.25) is 0 Å². The third-order valence-electron chi connectivity index (χ3n) is 4.48. The van der Waals surface area contributed by atoms with Crippen LogP contribution in [0.5, 0.6) is 5.75 Å². The SMILES string of the molecule is COc1ccccc1CC(NN)C1CCC(C)CC1. The van der Waals surface area contributed by atoms with Gasteiger partial charge in [-0.1, -0.05) is 38.0 Å². The summed E-state index contributed by atoms with van der Waals surface area (Å²) < 4.78 is 5.43. The van der Waals surface area contributed by atoms with Gasteiger partial charge in [0, 0.05) is 6.04 Å². The van der Waals surface area contributed by atoms with E-state index in [1.165, 1.54) is 31.2 Å². The Morgan fingerprint density at radius 1 is 1.26 bits per heavy atom. The lowest BCUT2D eigenvalue weighted by Crippen LogP contribution is -2.43. The molecule has 0 bridgehead atoms. The Morgan fingerprint density at radius 2 is 1.95 bits per heavy atom. The van der Waals surface area contributed by atoms with E-state index in [0.717, 1.165) is 18.1 Å². The van der Waals surface area contributed by atoms with Crippen LogP contribution in [0, 0.1) is 11.8 Å². The quantitative estimate of drug-likeness (QED) is 0.633. The minimum Gasteiger partial charge on any atom is -0.496 e. The molecule has 0 spiro atoms. The van der Waals surface area contributed by atoms with Crippen molar-refractivity contribution in [3.63, 3.8) is 0 Å². The number of nitrogens with one attached hydrogen (secondary N) is 1. The number of methoxy groups -OCH3 is 1. The molecule has 0 heterocycles. The summed E-state index contributed by atoms with van der Waals surface area (Å²) in [6.45, 7) is 2.35. The molecule has 1 saturated carbocycles.